The fourth-order valence-corrected chi connectivity index (χ4v) is 2.37. The number of ether oxygens (including phenoxy) is 1. The van der Waals surface area contributed by atoms with Crippen LogP contribution in [0.15, 0.2) is 42.5 Å². The van der Waals surface area contributed by atoms with Crippen molar-refractivity contribution in [1.82, 2.24) is 0 Å². The molecule has 0 saturated heterocycles. The van der Waals surface area contributed by atoms with E-state index in [9.17, 15) is 9.90 Å². The van der Waals surface area contributed by atoms with E-state index in [1.165, 1.54) is 6.07 Å². The highest BCUT2D eigenvalue weighted by Crippen LogP contribution is 2.36. The maximum Gasteiger partial charge on any atom is 0.337 e. The van der Waals surface area contributed by atoms with Gasteiger partial charge in [0.05, 0.1) is 23.0 Å². The topological polar surface area (TPSA) is 84.6 Å². The largest absolute Gasteiger partial charge is 0.491 e. The van der Waals surface area contributed by atoms with Crippen LogP contribution in [0.25, 0.3) is 0 Å². The van der Waals surface area contributed by atoms with Gasteiger partial charge in [0.2, 0.25) is 0 Å². The maximum atomic E-state index is 11.3. The van der Waals surface area contributed by atoms with Gasteiger partial charge in [-0.25, -0.2) is 4.79 Å². The van der Waals surface area contributed by atoms with Crippen LogP contribution in [0.3, 0.4) is 0 Å². The average molecular weight is 270 g/mol. The lowest BCUT2D eigenvalue weighted by molar-refractivity contribution is 0.0698. The summed E-state index contributed by atoms with van der Waals surface area (Å²) in [6, 6.07) is 12.4. The Morgan fingerprint density at radius 3 is 2.85 bits per heavy atom. The van der Waals surface area contributed by atoms with Crippen molar-refractivity contribution in [2.45, 2.75) is 6.04 Å². The minimum atomic E-state index is -1.01. The maximum absolute atomic E-state index is 11.3. The lowest BCUT2D eigenvalue weighted by Gasteiger charge is -2.17. The van der Waals surface area contributed by atoms with E-state index in [0.717, 1.165) is 11.3 Å². The molecule has 5 nitrogen and oxygen atoms in total. The van der Waals surface area contributed by atoms with E-state index in [2.05, 4.69) is 5.32 Å². The Labute approximate surface area is 116 Å². The van der Waals surface area contributed by atoms with Crippen LogP contribution in [0.4, 0.5) is 11.4 Å². The Morgan fingerprint density at radius 2 is 2.05 bits per heavy atom. The summed E-state index contributed by atoms with van der Waals surface area (Å²) in [5, 5.41) is 12.4. The van der Waals surface area contributed by atoms with Gasteiger partial charge >= 0.3 is 5.97 Å². The molecule has 102 valence electrons. The zero-order valence-electron chi connectivity index (χ0n) is 10.7. The highest BCUT2D eigenvalue weighted by atomic mass is 16.5. The fourth-order valence-electron chi connectivity index (χ4n) is 2.37. The second-order valence-electron chi connectivity index (χ2n) is 4.62. The SMILES string of the molecule is Nc1cccc(C(=O)O)c1NC1COc2ccccc21. The molecule has 0 saturated carbocycles. The molecule has 0 aromatic heterocycles. The van der Waals surface area contributed by atoms with E-state index in [1.807, 2.05) is 24.3 Å². The number of para-hydroxylation sites is 2. The van der Waals surface area contributed by atoms with Gasteiger partial charge in [0, 0.05) is 5.56 Å². The second kappa shape index (κ2) is 4.77. The summed E-state index contributed by atoms with van der Waals surface area (Å²) in [6.45, 7) is 0.451. The van der Waals surface area contributed by atoms with E-state index < -0.39 is 5.97 Å². The summed E-state index contributed by atoms with van der Waals surface area (Å²) in [7, 11) is 0. The summed E-state index contributed by atoms with van der Waals surface area (Å²) in [5.74, 6) is -0.191. The number of benzene rings is 2. The molecule has 1 aliphatic heterocycles. The van der Waals surface area contributed by atoms with Gasteiger partial charge in [-0.2, -0.15) is 0 Å². The Bertz CT molecular complexity index is 670. The molecule has 4 N–H and O–H groups in total. The molecule has 1 heterocycles. The number of nitrogens with two attached hydrogens (primary N) is 1. The standard InChI is InChI=1S/C15H14N2O3/c16-11-6-3-5-10(15(18)19)14(11)17-12-8-20-13-7-2-1-4-9(12)13/h1-7,12,17H,8,16H2,(H,18,19). The number of hydrogen-bond donors (Lipinski definition) is 3. The molecule has 0 spiro atoms. The monoisotopic (exact) mass is 270 g/mol. The summed E-state index contributed by atoms with van der Waals surface area (Å²) < 4.78 is 5.57. The van der Waals surface area contributed by atoms with Gasteiger partial charge in [-0.05, 0) is 18.2 Å². The molecule has 1 atom stereocenters. The number of nitrogens with one attached hydrogen (secondary N) is 1. The lowest BCUT2D eigenvalue weighted by Crippen LogP contribution is -2.16. The van der Waals surface area contributed by atoms with Crippen molar-refractivity contribution in [3.8, 4) is 5.75 Å². The van der Waals surface area contributed by atoms with Crippen molar-refractivity contribution in [3.05, 3.63) is 53.6 Å². The molecule has 0 aliphatic carbocycles. The van der Waals surface area contributed by atoms with Crippen molar-refractivity contribution >= 4 is 17.3 Å². The van der Waals surface area contributed by atoms with Crippen LogP contribution in [-0.4, -0.2) is 17.7 Å². The first-order valence-corrected chi connectivity index (χ1v) is 6.27. The predicted molar refractivity (Wildman–Crippen MR) is 76.1 cm³/mol. The predicted octanol–water partition coefficient (Wildman–Crippen LogP) is 2.51. The van der Waals surface area contributed by atoms with Crippen molar-refractivity contribution < 1.29 is 14.6 Å². The van der Waals surface area contributed by atoms with Crippen molar-refractivity contribution in [3.63, 3.8) is 0 Å². The Kier molecular flexibility index (Phi) is 2.95. The molecular weight excluding hydrogens is 256 g/mol. The molecule has 0 fully saturated rings. The highest BCUT2D eigenvalue weighted by Gasteiger charge is 2.25. The van der Waals surface area contributed by atoms with Gasteiger partial charge < -0.3 is 20.9 Å². The van der Waals surface area contributed by atoms with Crippen molar-refractivity contribution in [2.75, 3.05) is 17.7 Å². The lowest BCUT2D eigenvalue weighted by atomic mass is 10.1. The Balaban J connectivity index is 1.95. The number of rotatable bonds is 3. The zero-order valence-corrected chi connectivity index (χ0v) is 10.7. The summed E-state index contributed by atoms with van der Waals surface area (Å²) in [6.07, 6.45) is 0. The fraction of sp³-hybridized carbons (Fsp3) is 0.133. The molecule has 0 radical (unpaired) electrons. The van der Waals surface area contributed by atoms with E-state index in [0.29, 0.717) is 18.0 Å². The van der Waals surface area contributed by atoms with E-state index in [4.69, 9.17) is 10.5 Å². The van der Waals surface area contributed by atoms with E-state index in [-0.39, 0.29) is 11.6 Å². The summed E-state index contributed by atoms with van der Waals surface area (Å²) >= 11 is 0. The van der Waals surface area contributed by atoms with Gasteiger partial charge in [-0.1, -0.05) is 24.3 Å². The number of carboxylic acid groups (broad SMARTS) is 1. The average Bonchev–Trinajstić information content (AvgIpc) is 2.84. The zero-order chi connectivity index (χ0) is 14.1. The number of fused-ring (bicyclic) bond motifs is 1. The molecule has 3 rings (SSSR count). The third kappa shape index (κ3) is 2.03. The van der Waals surface area contributed by atoms with E-state index in [1.54, 1.807) is 12.1 Å². The van der Waals surface area contributed by atoms with Gasteiger partial charge in [-0.15, -0.1) is 0 Å². The summed E-state index contributed by atoms with van der Waals surface area (Å²) in [4.78, 5) is 11.3. The van der Waals surface area contributed by atoms with Crippen molar-refractivity contribution in [1.29, 1.82) is 0 Å². The molecule has 2 aromatic carbocycles. The van der Waals surface area contributed by atoms with Crippen LogP contribution in [0.2, 0.25) is 0 Å². The molecule has 1 aliphatic rings. The number of nitrogen functional groups attached to an aromatic ring is 1. The Hall–Kier alpha value is -2.69. The Morgan fingerprint density at radius 1 is 1.25 bits per heavy atom. The molecule has 0 bridgehead atoms. The van der Waals surface area contributed by atoms with Crippen LogP contribution in [0.5, 0.6) is 5.75 Å². The first-order valence-electron chi connectivity index (χ1n) is 6.27. The molecule has 20 heavy (non-hydrogen) atoms. The summed E-state index contributed by atoms with van der Waals surface area (Å²) in [5.41, 5.74) is 7.91. The third-order valence-corrected chi connectivity index (χ3v) is 3.35. The number of carbonyl (C=O) groups is 1. The molecular formula is C15H14N2O3. The molecule has 2 aromatic rings. The first-order chi connectivity index (χ1) is 9.66. The van der Waals surface area contributed by atoms with Gasteiger partial charge in [-0.3, -0.25) is 0 Å². The number of aromatic carboxylic acids is 1. The quantitative estimate of drug-likeness (QED) is 0.746. The number of hydrogen-bond acceptors (Lipinski definition) is 4. The minimum absolute atomic E-state index is 0.103. The highest BCUT2D eigenvalue weighted by molar-refractivity contribution is 5.97. The van der Waals surface area contributed by atoms with Gasteiger partial charge in [0.25, 0.3) is 0 Å². The number of anilines is 2. The van der Waals surface area contributed by atoms with Crippen molar-refractivity contribution in [2.24, 2.45) is 0 Å². The van der Waals surface area contributed by atoms with Gasteiger partial charge in [0.1, 0.15) is 12.4 Å². The van der Waals surface area contributed by atoms with Crippen LogP contribution in [0.1, 0.15) is 22.0 Å². The van der Waals surface area contributed by atoms with Crippen LogP contribution < -0.4 is 15.8 Å². The normalized spacial score (nSPS) is 16.3. The molecule has 0 amide bonds. The smallest absolute Gasteiger partial charge is 0.337 e. The van der Waals surface area contributed by atoms with Crippen LogP contribution in [0, 0.1) is 0 Å². The van der Waals surface area contributed by atoms with Crippen LogP contribution in [-0.2, 0) is 0 Å². The first kappa shape index (κ1) is 12.3. The molecule has 5 heteroatoms. The minimum Gasteiger partial charge on any atom is -0.491 e. The van der Waals surface area contributed by atoms with E-state index >= 15 is 0 Å². The van der Waals surface area contributed by atoms with Gasteiger partial charge in [0.15, 0.2) is 0 Å². The molecule has 1 unspecified atom stereocenters. The third-order valence-electron chi connectivity index (χ3n) is 3.35. The second-order valence-corrected chi connectivity index (χ2v) is 4.62. The number of carboxylic acids is 1. The van der Waals surface area contributed by atoms with Crippen LogP contribution >= 0.6 is 0 Å².